The summed E-state index contributed by atoms with van der Waals surface area (Å²) in [5, 5.41) is 9.17. The highest BCUT2D eigenvalue weighted by Gasteiger charge is 2.18. The summed E-state index contributed by atoms with van der Waals surface area (Å²) in [6.07, 6.45) is 2.22. The number of aromatic nitrogens is 4. The number of imidazole rings is 1. The van der Waals surface area contributed by atoms with Crippen molar-refractivity contribution in [1.82, 2.24) is 19.9 Å². The minimum atomic E-state index is -1.07. The summed E-state index contributed by atoms with van der Waals surface area (Å²) in [5.74, 6) is 2.02. The molecule has 1 amide bonds. The fourth-order valence-corrected chi connectivity index (χ4v) is 3.67. The van der Waals surface area contributed by atoms with Gasteiger partial charge in [-0.3, -0.25) is 4.90 Å². The predicted octanol–water partition coefficient (Wildman–Crippen LogP) is 3.53. The Kier molecular flexibility index (Phi) is 4.62. The maximum Gasteiger partial charge on any atom is 0.413 e. The summed E-state index contributed by atoms with van der Waals surface area (Å²) in [7, 11) is 1.46. The van der Waals surface area contributed by atoms with Crippen LogP contribution in [0.15, 0.2) is 55.0 Å². The monoisotopic (exact) mass is 416 g/mol. The number of anilines is 2. The first kappa shape index (κ1) is 18.9. The molecule has 0 aliphatic carbocycles. The second kappa shape index (κ2) is 7.60. The zero-order valence-electron chi connectivity index (χ0n) is 16.8. The van der Waals surface area contributed by atoms with Gasteiger partial charge in [0.25, 0.3) is 0 Å². The van der Waals surface area contributed by atoms with Crippen molar-refractivity contribution in [3.8, 4) is 16.9 Å². The van der Waals surface area contributed by atoms with Crippen LogP contribution in [0, 0.1) is 0 Å². The Hall–Kier alpha value is -4.14. The third-order valence-corrected chi connectivity index (χ3v) is 5.34. The van der Waals surface area contributed by atoms with E-state index in [0.717, 1.165) is 45.2 Å². The Bertz CT molecular complexity index is 1260. The van der Waals surface area contributed by atoms with Gasteiger partial charge in [-0.05, 0) is 41.5 Å². The minimum absolute atomic E-state index is 0.287. The number of hydrogen-bond donors (Lipinski definition) is 2. The number of rotatable bonds is 3. The van der Waals surface area contributed by atoms with Gasteiger partial charge >= 0.3 is 6.09 Å². The Morgan fingerprint density at radius 1 is 1.19 bits per heavy atom. The molecule has 0 fully saturated rings. The lowest BCUT2D eigenvalue weighted by molar-refractivity contribution is 0.203. The summed E-state index contributed by atoms with van der Waals surface area (Å²) in [5.41, 5.74) is 4.59. The van der Waals surface area contributed by atoms with E-state index in [0.29, 0.717) is 18.7 Å². The molecule has 0 unspecified atom stereocenters. The van der Waals surface area contributed by atoms with Crippen LogP contribution in [0.25, 0.3) is 22.2 Å². The molecule has 2 aromatic heterocycles. The van der Waals surface area contributed by atoms with E-state index >= 15 is 0 Å². The quantitative estimate of drug-likeness (QED) is 0.526. The van der Waals surface area contributed by atoms with Crippen molar-refractivity contribution >= 4 is 28.9 Å². The first-order valence-corrected chi connectivity index (χ1v) is 9.82. The van der Waals surface area contributed by atoms with Gasteiger partial charge in [0.2, 0.25) is 5.95 Å². The van der Waals surface area contributed by atoms with Crippen LogP contribution in [0.3, 0.4) is 0 Å². The van der Waals surface area contributed by atoms with Gasteiger partial charge in [0.1, 0.15) is 24.5 Å². The molecule has 3 heterocycles. The van der Waals surface area contributed by atoms with Gasteiger partial charge in [0, 0.05) is 25.4 Å². The van der Waals surface area contributed by atoms with Crippen molar-refractivity contribution in [2.75, 3.05) is 30.0 Å². The number of nitrogens with one attached hydrogen (secondary N) is 1. The molecule has 9 heteroatoms. The number of aromatic amines is 1. The van der Waals surface area contributed by atoms with E-state index in [1.54, 1.807) is 12.5 Å². The summed E-state index contributed by atoms with van der Waals surface area (Å²) in [6, 6.07) is 13.9. The molecular formula is C22H20N6O3. The van der Waals surface area contributed by atoms with E-state index in [1.165, 1.54) is 7.05 Å². The number of ether oxygens (including phenoxy) is 1. The zero-order valence-corrected chi connectivity index (χ0v) is 16.8. The summed E-state index contributed by atoms with van der Waals surface area (Å²) < 4.78 is 5.95. The van der Waals surface area contributed by atoms with Crippen LogP contribution in [0.5, 0.6) is 5.75 Å². The Labute approximate surface area is 178 Å². The highest BCUT2D eigenvalue weighted by molar-refractivity contribution is 5.88. The van der Waals surface area contributed by atoms with Gasteiger partial charge in [0.05, 0.1) is 17.6 Å². The van der Waals surface area contributed by atoms with Crippen LogP contribution in [-0.4, -0.2) is 51.3 Å². The van der Waals surface area contributed by atoms with Gasteiger partial charge in [-0.25, -0.2) is 19.7 Å². The van der Waals surface area contributed by atoms with E-state index in [9.17, 15) is 9.90 Å². The first-order valence-electron chi connectivity index (χ1n) is 9.82. The van der Waals surface area contributed by atoms with Crippen LogP contribution >= 0.6 is 0 Å². The number of benzene rings is 2. The summed E-state index contributed by atoms with van der Waals surface area (Å²) in [6.45, 7) is 2.00. The average molecular weight is 416 g/mol. The smallest absolute Gasteiger partial charge is 0.413 e. The lowest BCUT2D eigenvalue weighted by Crippen LogP contribution is -2.26. The SMILES string of the molecule is CN(C(=O)O)c1nc2ccc(-c3ccc4c(c3)CN(c3ccncn3)CCO4)cc2[nH]1. The zero-order chi connectivity index (χ0) is 21.4. The minimum Gasteiger partial charge on any atom is -0.491 e. The largest absolute Gasteiger partial charge is 0.491 e. The molecule has 0 bridgehead atoms. The molecule has 2 aromatic carbocycles. The van der Waals surface area contributed by atoms with Gasteiger partial charge in [-0.15, -0.1) is 0 Å². The molecule has 2 N–H and O–H groups in total. The molecule has 0 saturated carbocycles. The second-order valence-corrected chi connectivity index (χ2v) is 7.29. The van der Waals surface area contributed by atoms with Crippen LogP contribution in [-0.2, 0) is 6.54 Å². The fourth-order valence-electron chi connectivity index (χ4n) is 3.67. The van der Waals surface area contributed by atoms with Crippen molar-refractivity contribution in [3.05, 3.63) is 60.6 Å². The molecule has 0 radical (unpaired) electrons. The standard InChI is InChI=1S/C22H20N6O3/c1-27(22(29)30)21-25-17-4-2-15(11-18(17)26-21)14-3-5-19-16(10-14)12-28(8-9-31-19)20-6-7-23-13-24-20/h2-7,10-11,13H,8-9,12H2,1H3,(H,25,26)(H,29,30). The normalized spacial score (nSPS) is 13.4. The molecule has 0 saturated heterocycles. The number of carbonyl (C=O) groups is 1. The van der Waals surface area contributed by atoms with Crippen molar-refractivity contribution in [2.45, 2.75) is 6.54 Å². The number of amides is 1. The molecule has 4 aromatic rings. The van der Waals surface area contributed by atoms with Crippen molar-refractivity contribution < 1.29 is 14.6 Å². The summed E-state index contributed by atoms with van der Waals surface area (Å²) >= 11 is 0. The number of nitrogens with zero attached hydrogens (tertiary/aromatic N) is 5. The molecule has 31 heavy (non-hydrogen) atoms. The predicted molar refractivity (Wildman–Crippen MR) is 117 cm³/mol. The third-order valence-electron chi connectivity index (χ3n) is 5.34. The fraction of sp³-hybridized carbons (Fsp3) is 0.182. The van der Waals surface area contributed by atoms with E-state index in [4.69, 9.17) is 4.74 Å². The van der Waals surface area contributed by atoms with E-state index in [1.807, 2.05) is 36.4 Å². The maximum absolute atomic E-state index is 11.2. The van der Waals surface area contributed by atoms with Gasteiger partial charge in [-0.1, -0.05) is 12.1 Å². The van der Waals surface area contributed by atoms with Crippen molar-refractivity contribution in [1.29, 1.82) is 0 Å². The molecule has 156 valence electrons. The van der Waals surface area contributed by atoms with Gasteiger partial charge < -0.3 is 19.7 Å². The first-order chi connectivity index (χ1) is 15.1. The number of fused-ring (bicyclic) bond motifs is 2. The molecule has 0 atom stereocenters. The van der Waals surface area contributed by atoms with Crippen LogP contribution in [0.4, 0.5) is 16.6 Å². The second-order valence-electron chi connectivity index (χ2n) is 7.29. The van der Waals surface area contributed by atoms with E-state index in [2.05, 4.69) is 30.9 Å². The maximum atomic E-state index is 11.2. The number of hydrogen-bond acceptors (Lipinski definition) is 6. The lowest BCUT2D eigenvalue weighted by atomic mass is 10.0. The Morgan fingerprint density at radius 2 is 2.03 bits per heavy atom. The van der Waals surface area contributed by atoms with Crippen molar-refractivity contribution in [3.63, 3.8) is 0 Å². The Balaban J connectivity index is 1.48. The Morgan fingerprint density at radius 3 is 2.84 bits per heavy atom. The molecule has 1 aliphatic rings. The average Bonchev–Trinajstić information content (AvgIpc) is 3.10. The van der Waals surface area contributed by atoms with Gasteiger partial charge in [-0.2, -0.15) is 0 Å². The van der Waals surface area contributed by atoms with Crippen LogP contribution in [0.2, 0.25) is 0 Å². The highest BCUT2D eigenvalue weighted by Crippen LogP contribution is 2.32. The van der Waals surface area contributed by atoms with Gasteiger partial charge in [0.15, 0.2) is 0 Å². The summed E-state index contributed by atoms with van der Waals surface area (Å²) in [4.78, 5) is 30.2. The lowest BCUT2D eigenvalue weighted by Gasteiger charge is -2.20. The van der Waals surface area contributed by atoms with Crippen LogP contribution in [0.1, 0.15) is 5.56 Å². The topological polar surface area (TPSA) is 107 Å². The molecular weight excluding hydrogens is 396 g/mol. The van der Waals surface area contributed by atoms with Crippen LogP contribution < -0.4 is 14.5 Å². The molecule has 5 rings (SSSR count). The van der Waals surface area contributed by atoms with Crippen molar-refractivity contribution in [2.24, 2.45) is 0 Å². The molecule has 1 aliphatic heterocycles. The number of carboxylic acid groups (broad SMARTS) is 1. The highest BCUT2D eigenvalue weighted by atomic mass is 16.5. The molecule has 9 nitrogen and oxygen atoms in total. The number of H-pyrrole nitrogens is 1. The van der Waals surface area contributed by atoms with E-state index < -0.39 is 6.09 Å². The third kappa shape index (κ3) is 3.61. The molecule has 0 spiro atoms. The van der Waals surface area contributed by atoms with E-state index in [-0.39, 0.29) is 5.95 Å².